The molecule has 1 aromatic carbocycles. The van der Waals surface area contributed by atoms with Crippen molar-refractivity contribution < 1.29 is 8.42 Å². The van der Waals surface area contributed by atoms with Gasteiger partial charge in [-0.05, 0) is 31.2 Å². The summed E-state index contributed by atoms with van der Waals surface area (Å²) < 4.78 is 24.7. The quantitative estimate of drug-likeness (QED) is 0.816. The predicted octanol–water partition coefficient (Wildman–Crippen LogP) is 1.43. The van der Waals surface area contributed by atoms with Gasteiger partial charge in [0, 0.05) is 43.1 Å². The molecule has 0 aliphatic rings. The summed E-state index contributed by atoms with van der Waals surface area (Å²) in [5.74, 6) is 0.0329. The zero-order valence-electron chi connectivity index (χ0n) is 12.4. The fraction of sp³-hybridized carbons (Fsp3) is 0.357. The molecule has 0 atom stereocenters. The summed E-state index contributed by atoms with van der Waals surface area (Å²) in [5, 5.41) is 4.06. The first kappa shape index (κ1) is 15.5. The molecular weight excluding hydrogens is 288 g/mol. The van der Waals surface area contributed by atoms with Crippen molar-refractivity contribution in [3.63, 3.8) is 0 Å². The van der Waals surface area contributed by atoms with Gasteiger partial charge < -0.3 is 11.1 Å². The first-order chi connectivity index (χ1) is 9.79. The number of hydrogen-bond acceptors (Lipinski definition) is 5. The molecule has 0 spiro atoms. The number of nitrogens with one attached hydrogen (secondary N) is 1. The average molecular weight is 308 g/mol. The summed E-state index contributed by atoms with van der Waals surface area (Å²) in [4.78, 5) is 4.44. The van der Waals surface area contributed by atoms with Crippen LogP contribution in [-0.4, -0.2) is 44.1 Å². The Hall–Kier alpha value is -1.86. The maximum Gasteiger partial charge on any atom is 0.215 e. The molecule has 2 aromatic rings. The van der Waals surface area contributed by atoms with Crippen LogP contribution in [0.25, 0.3) is 10.9 Å². The molecule has 2 rings (SSSR count). The summed E-state index contributed by atoms with van der Waals surface area (Å²) in [6, 6.07) is 7.39. The van der Waals surface area contributed by atoms with Gasteiger partial charge in [0.05, 0.1) is 11.3 Å². The van der Waals surface area contributed by atoms with Gasteiger partial charge >= 0.3 is 0 Å². The van der Waals surface area contributed by atoms with E-state index in [0.29, 0.717) is 12.2 Å². The van der Waals surface area contributed by atoms with E-state index in [2.05, 4.69) is 10.3 Å². The van der Waals surface area contributed by atoms with Crippen LogP contribution in [0.5, 0.6) is 0 Å². The van der Waals surface area contributed by atoms with E-state index >= 15 is 0 Å². The number of benzene rings is 1. The Kier molecular flexibility index (Phi) is 4.34. The molecule has 21 heavy (non-hydrogen) atoms. The highest BCUT2D eigenvalue weighted by Crippen LogP contribution is 2.25. The van der Waals surface area contributed by atoms with E-state index in [1.165, 1.54) is 18.4 Å². The number of fused-ring (bicyclic) bond motifs is 1. The van der Waals surface area contributed by atoms with Crippen molar-refractivity contribution in [2.24, 2.45) is 0 Å². The Balaban J connectivity index is 2.24. The van der Waals surface area contributed by atoms with Gasteiger partial charge in [-0.2, -0.15) is 0 Å². The third-order valence-corrected chi connectivity index (χ3v) is 5.03. The molecule has 0 saturated heterocycles. The Labute approximate surface area is 125 Å². The number of nitrogens with two attached hydrogens (primary N) is 1. The molecule has 0 fully saturated rings. The normalized spacial score (nSPS) is 12.0. The maximum absolute atomic E-state index is 11.8. The monoisotopic (exact) mass is 308 g/mol. The molecule has 0 bridgehead atoms. The first-order valence-corrected chi connectivity index (χ1v) is 8.21. The standard InChI is InChI=1S/C14H20N4O2S/c1-10-8-14(16-6-7-21(19,20)18(2)3)12-9-11(15)4-5-13(12)17-10/h4-5,8-9H,6-7,15H2,1-3H3,(H,16,17). The van der Waals surface area contributed by atoms with Gasteiger partial charge in [0.15, 0.2) is 0 Å². The minimum atomic E-state index is -3.21. The molecule has 0 saturated carbocycles. The van der Waals surface area contributed by atoms with Gasteiger partial charge in [-0.3, -0.25) is 4.98 Å². The van der Waals surface area contributed by atoms with Gasteiger partial charge in [-0.25, -0.2) is 12.7 Å². The minimum absolute atomic E-state index is 0.0329. The fourth-order valence-electron chi connectivity index (χ4n) is 2.02. The second kappa shape index (κ2) is 5.87. The summed E-state index contributed by atoms with van der Waals surface area (Å²) in [7, 11) is -0.150. The molecule has 1 aromatic heterocycles. The molecule has 3 N–H and O–H groups in total. The van der Waals surface area contributed by atoms with E-state index in [1.807, 2.05) is 25.1 Å². The molecule has 6 nitrogen and oxygen atoms in total. The molecular formula is C14H20N4O2S. The Morgan fingerprint density at radius 3 is 2.67 bits per heavy atom. The topological polar surface area (TPSA) is 88.3 Å². The summed E-state index contributed by atoms with van der Waals surface area (Å²) in [5.41, 5.74) is 9.01. The molecule has 0 amide bonds. The highest BCUT2D eigenvalue weighted by Gasteiger charge is 2.13. The maximum atomic E-state index is 11.8. The summed E-state index contributed by atoms with van der Waals surface area (Å²) in [6.45, 7) is 2.23. The van der Waals surface area contributed by atoms with Crippen LogP contribution < -0.4 is 11.1 Å². The van der Waals surface area contributed by atoms with E-state index in [4.69, 9.17) is 5.73 Å². The number of aromatic nitrogens is 1. The number of sulfonamides is 1. The van der Waals surface area contributed by atoms with E-state index in [1.54, 1.807) is 6.07 Å². The van der Waals surface area contributed by atoms with Gasteiger partial charge in [-0.1, -0.05) is 0 Å². The number of rotatable bonds is 5. The summed E-state index contributed by atoms with van der Waals surface area (Å²) >= 11 is 0. The van der Waals surface area contributed by atoms with E-state index in [-0.39, 0.29) is 5.75 Å². The number of pyridine rings is 1. The Morgan fingerprint density at radius 1 is 1.29 bits per heavy atom. The zero-order valence-corrected chi connectivity index (χ0v) is 13.2. The first-order valence-electron chi connectivity index (χ1n) is 6.60. The molecule has 114 valence electrons. The molecule has 1 heterocycles. The lowest BCUT2D eigenvalue weighted by Crippen LogP contribution is -2.28. The van der Waals surface area contributed by atoms with Crippen molar-refractivity contribution in [3.8, 4) is 0 Å². The van der Waals surface area contributed by atoms with Crippen molar-refractivity contribution in [1.29, 1.82) is 0 Å². The van der Waals surface area contributed by atoms with Crippen LogP contribution in [0.4, 0.5) is 11.4 Å². The van der Waals surface area contributed by atoms with Crippen LogP contribution in [0.3, 0.4) is 0 Å². The smallest absolute Gasteiger partial charge is 0.215 e. The van der Waals surface area contributed by atoms with Gasteiger partial charge in [0.1, 0.15) is 0 Å². The number of hydrogen-bond donors (Lipinski definition) is 2. The zero-order chi connectivity index (χ0) is 15.6. The molecule has 7 heteroatoms. The molecule has 0 aliphatic carbocycles. The van der Waals surface area contributed by atoms with Gasteiger partial charge in [0.2, 0.25) is 10.0 Å². The molecule has 0 radical (unpaired) electrons. The minimum Gasteiger partial charge on any atom is -0.399 e. The second-order valence-electron chi connectivity index (χ2n) is 5.11. The van der Waals surface area contributed by atoms with Crippen molar-refractivity contribution >= 4 is 32.3 Å². The third-order valence-electron chi connectivity index (χ3n) is 3.19. The highest BCUT2D eigenvalue weighted by atomic mass is 32.2. The van der Waals surface area contributed by atoms with Gasteiger partial charge in [-0.15, -0.1) is 0 Å². The Bertz CT molecular complexity index is 757. The van der Waals surface area contributed by atoms with Crippen LogP contribution in [-0.2, 0) is 10.0 Å². The summed E-state index contributed by atoms with van der Waals surface area (Å²) in [6.07, 6.45) is 0. The number of aryl methyl sites for hydroxylation is 1. The molecule has 0 unspecified atom stereocenters. The largest absolute Gasteiger partial charge is 0.399 e. The van der Waals surface area contributed by atoms with Crippen molar-refractivity contribution in [3.05, 3.63) is 30.0 Å². The van der Waals surface area contributed by atoms with E-state index < -0.39 is 10.0 Å². The van der Waals surface area contributed by atoms with E-state index in [9.17, 15) is 8.42 Å². The van der Waals surface area contributed by atoms with Gasteiger partial charge in [0.25, 0.3) is 0 Å². The van der Waals surface area contributed by atoms with Crippen LogP contribution in [0.15, 0.2) is 24.3 Å². The lowest BCUT2D eigenvalue weighted by atomic mass is 10.1. The second-order valence-corrected chi connectivity index (χ2v) is 7.42. The lowest BCUT2D eigenvalue weighted by molar-refractivity contribution is 0.521. The average Bonchev–Trinajstić information content (AvgIpc) is 2.39. The van der Waals surface area contributed by atoms with Crippen LogP contribution >= 0.6 is 0 Å². The van der Waals surface area contributed by atoms with Crippen molar-refractivity contribution in [1.82, 2.24) is 9.29 Å². The van der Waals surface area contributed by atoms with Crippen LogP contribution in [0.2, 0.25) is 0 Å². The predicted molar refractivity (Wildman–Crippen MR) is 86.9 cm³/mol. The fourth-order valence-corrected chi connectivity index (χ4v) is 2.74. The number of nitrogen functional groups attached to an aromatic ring is 1. The lowest BCUT2D eigenvalue weighted by Gasteiger charge is -2.14. The highest BCUT2D eigenvalue weighted by molar-refractivity contribution is 7.89. The molecule has 0 aliphatic heterocycles. The van der Waals surface area contributed by atoms with Crippen molar-refractivity contribution in [2.45, 2.75) is 6.92 Å². The number of nitrogens with zero attached hydrogens (tertiary/aromatic N) is 2. The van der Waals surface area contributed by atoms with Crippen LogP contribution in [0.1, 0.15) is 5.69 Å². The van der Waals surface area contributed by atoms with Crippen molar-refractivity contribution in [2.75, 3.05) is 37.4 Å². The third kappa shape index (κ3) is 3.62. The SMILES string of the molecule is Cc1cc(NCCS(=O)(=O)N(C)C)c2cc(N)ccc2n1. The van der Waals surface area contributed by atoms with E-state index in [0.717, 1.165) is 22.3 Å². The Morgan fingerprint density at radius 2 is 2.00 bits per heavy atom. The van der Waals surface area contributed by atoms with Crippen LogP contribution in [0, 0.1) is 6.92 Å². The number of anilines is 2.